The Morgan fingerprint density at radius 2 is 2.26 bits per heavy atom. The third-order valence-electron chi connectivity index (χ3n) is 3.37. The van der Waals surface area contributed by atoms with Crippen molar-refractivity contribution in [2.75, 3.05) is 26.8 Å². The highest BCUT2D eigenvalue weighted by Gasteiger charge is 2.24. The highest BCUT2D eigenvalue weighted by atomic mass is 16.5. The molecular weight excluding hydrogens is 248 g/mol. The molecule has 1 rings (SSSR count). The maximum Gasteiger partial charge on any atom is 0.317 e. The Kier molecular flexibility index (Phi) is 6.62. The van der Waals surface area contributed by atoms with Crippen LogP contribution >= 0.6 is 0 Å². The van der Waals surface area contributed by atoms with E-state index in [-0.39, 0.29) is 18.5 Å². The maximum absolute atomic E-state index is 12.0. The number of hydrogen-bond donors (Lipinski definition) is 2. The monoisotopic (exact) mass is 272 g/mol. The molecule has 19 heavy (non-hydrogen) atoms. The summed E-state index contributed by atoms with van der Waals surface area (Å²) < 4.78 is 5.13. The summed E-state index contributed by atoms with van der Waals surface area (Å²) in [5.41, 5.74) is 0. The second-order valence-corrected chi connectivity index (χ2v) is 5.19. The van der Waals surface area contributed by atoms with Crippen LogP contribution in [0.15, 0.2) is 0 Å². The molecule has 0 aromatic carbocycles. The van der Waals surface area contributed by atoms with E-state index in [4.69, 9.17) is 9.84 Å². The smallest absolute Gasteiger partial charge is 0.317 e. The zero-order valence-corrected chi connectivity index (χ0v) is 11.7. The molecule has 1 saturated heterocycles. The van der Waals surface area contributed by atoms with Crippen molar-refractivity contribution < 1.29 is 19.4 Å². The lowest BCUT2D eigenvalue weighted by Crippen LogP contribution is -2.48. The molecule has 0 aromatic rings. The molecule has 0 aromatic heterocycles. The van der Waals surface area contributed by atoms with E-state index in [0.717, 1.165) is 19.4 Å². The summed E-state index contributed by atoms with van der Waals surface area (Å²) >= 11 is 0. The third-order valence-corrected chi connectivity index (χ3v) is 3.37. The van der Waals surface area contributed by atoms with Crippen molar-refractivity contribution in [3.63, 3.8) is 0 Å². The first-order chi connectivity index (χ1) is 9.02. The fraction of sp³-hybridized carbons (Fsp3) is 0.846. The molecule has 0 saturated carbocycles. The number of piperidine rings is 1. The number of carboxylic acid groups (broad SMARTS) is 1. The lowest BCUT2D eigenvalue weighted by atomic mass is 9.99. The van der Waals surface area contributed by atoms with Gasteiger partial charge in [0.05, 0.1) is 6.61 Å². The van der Waals surface area contributed by atoms with Gasteiger partial charge in [0.1, 0.15) is 0 Å². The number of carbonyl (C=O) groups excluding carboxylic acids is 1. The number of carbonyl (C=O) groups is 2. The van der Waals surface area contributed by atoms with Crippen LogP contribution in [0.2, 0.25) is 0 Å². The van der Waals surface area contributed by atoms with Crippen LogP contribution in [-0.4, -0.2) is 54.9 Å². The van der Waals surface area contributed by atoms with Gasteiger partial charge in [0.15, 0.2) is 0 Å². The van der Waals surface area contributed by atoms with Gasteiger partial charge in [-0.05, 0) is 26.2 Å². The van der Waals surface area contributed by atoms with E-state index in [1.165, 1.54) is 0 Å². The van der Waals surface area contributed by atoms with Gasteiger partial charge in [0.2, 0.25) is 0 Å². The predicted octanol–water partition coefficient (Wildman–Crippen LogP) is 1.31. The standard InChI is InChI=1S/C13H24N2O4/c1-10(5-6-12(16)17)14-13(18)15-7-3-4-11(8-15)9-19-2/h10-11H,3-9H2,1-2H3,(H,14,18)(H,16,17). The number of hydrogen-bond acceptors (Lipinski definition) is 3. The molecule has 6 nitrogen and oxygen atoms in total. The molecule has 2 N–H and O–H groups in total. The van der Waals surface area contributed by atoms with E-state index in [0.29, 0.717) is 25.5 Å². The van der Waals surface area contributed by atoms with E-state index in [2.05, 4.69) is 5.32 Å². The first-order valence-corrected chi connectivity index (χ1v) is 6.79. The summed E-state index contributed by atoms with van der Waals surface area (Å²) in [7, 11) is 1.67. The zero-order valence-electron chi connectivity index (χ0n) is 11.7. The van der Waals surface area contributed by atoms with Crippen LogP contribution in [-0.2, 0) is 9.53 Å². The number of nitrogens with zero attached hydrogens (tertiary/aromatic N) is 1. The van der Waals surface area contributed by atoms with Gasteiger partial charge in [-0.25, -0.2) is 4.79 Å². The fourth-order valence-electron chi connectivity index (χ4n) is 2.34. The molecule has 0 aliphatic carbocycles. The van der Waals surface area contributed by atoms with Gasteiger partial charge < -0.3 is 20.1 Å². The van der Waals surface area contributed by atoms with Crippen LogP contribution in [0.25, 0.3) is 0 Å². The van der Waals surface area contributed by atoms with Crippen LogP contribution < -0.4 is 5.32 Å². The lowest BCUT2D eigenvalue weighted by molar-refractivity contribution is -0.137. The molecule has 0 bridgehead atoms. The van der Waals surface area contributed by atoms with Gasteiger partial charge in [-0.2, -0.15) is 0 Å². The molecule has 1 aliphatic heterocycles. The Bertz CT molecular complexity index is 307. The largest absolute Gasteiger partial charge is 0.481 e. The Morgan fingerprint density at radius 3 is 2.89 bits per heavy atom. The fourth-order valence-corrected chi connectivity index (χ4v) is 2.34. The number of aliphatic carboxylic acids is 1. The van der Waals surface area contributed by atoms with Crippen LogP contribution in [0, 0.1) is 5.92 Å². The molecule has 1 fully saturated rings. The van der Waals surface area contributed by atoms with E-state index >= 15 is 0 Å². The number of methoxy groups -OCH3 is 1. The topological polar surface area (TPSA) is 78.9 Å². The van der Waals surface area contributed by atoms with Gasteiger partial charge in [-0.3, -0.25) is 4.79 Å². The Labute approximate surface area is 114 Å². The summed E-state index contributed by atoms with van der Waals surface area (Å²) in [5, 5.41) is 11.5. The Hall–Kier alpha value is -1.30. The van der Waals surface area contributed by atoms with Gasteiger partial charge in [-0.15, -0.1) is 0 Å². The van der Waals surface area contributed by atoms with Crippen molar-refractivity contribution >= 4 is 12.0 Å². The SMILES string of the molecule is COCC1CCCN(C(=O)NC(C)CCC(=O)O)C1. The number of urea groups is 1. The number of nitrogens with one attached hydrogen (secondary N) is 1. The first kappa shape index (κ1) is 15.8. The Morgan fingerprint density at radius 1 is 1.53 bits per heavy atom. The third kappa shape index (κ3) is 5.92. The summed E-state index contributed by atoms with van der Waals surface area (Å²) in [6, 6.07) is -0.218. The second kappa shape index (κ2) is 7.99. The molecular formula is C13H24N2O4. The number of rotatable bonds is 6. The summed E-state index contributed by atoms with van der Waals surface area (Å²) in [4.78, 5) is 24.3. The average Bonchev–Trinajstić information content (AvgIpc) is 2.37. The number of amides is 2. The summed E-state index contributed by atoms with van der Waals surface area (Å²) in [6.45, 7) is 3.98. The minimum atomic E-state index is -0.834. The van der Waals surface area contributed by atoms with Gasteiger partial charge in [0.25, 0.3) is 0 Å². The van der Waals surface area contributed by atoms with E-state index < -0.39 is 5.97 Å². The van der Waals surface area contributed by atoms with Crippen LogP contribution in [0.4, 0.5) is 4.79 Å². The number of ether oxygens (including phenoxy) is 1. The lowest BCUT2D eigenvalue weighted by Gasteiger charge is -2.33. The second-order valence-electron chi connectivity index (χ2n) is 5.19. The molecule has 0 radical (unpaired) electrons. The van der Waals surface area contributed by atoms with E-state index in [1.807, 2.05) is 6.92 Å². The highest BCUT2D eigenvalue weighted by Crippen LogP contribution is 2.16. The molecule has 0 spiro atoms. The normalized spacial score (nSPS) is 20.9. The van der Waals surface area contributed by atoms with Crippen LogP contribution in [0.5, 0.6) is 0 Å². The van der Waals surface area contributed by atoms with Crippen LogP contribution in [0.3, 0.4) is 0 Å². The quantitative estimate of drug-likeness (QED) is 0.764. The highest BCUT2D eigenvalue weighted by molar-refractivity contribution is 5.74. The molecule has 6 heteroatoms. The molecule has 2 atom stereocenters. The maximum atomic E-state index is 12.0. The minimum Gasteiger partial charge on any atom is -0.481 e. The van der Waals surface area contributed by atoms with Crippen molar-refractivity contribution in [3.05, 3.63) is 0 Å². The van der Waals surface area contributed by atoms with Crippen LogP contribution in [0.1, 0.15) is 32.6 Å². The molecule has 110 valence electrons. The molecule has 1 heterocycles. The van der Waals surface area contributed by atoms with Crippen molar-refractivity contribution in [1.82, 2.24) is 10.2 Å². The number of carboxylic acids is 1. The van der Waals surface area contributed by atoms with Crippen molar-refractivity contribution in [2.24, 2.45) is 5.92 Å². The molecule has 2 amide bonds. The molecule has 1 aliphatic rings. The zero-order chi connectivity index (χ0) is 14.3. The van der Waals surface area contributed by atoms with E-state index in [1.54, 1.807) is 12.0 Å². The van der Waals surface area contributed by atoms with Gasteiger partial charge in [0, 0.05) is 38.6 Å². The van der Waals surface area contributed by atoms with E-state index in [9.17, 15) is 9.59 Å². The summed E-state index contributed by atoms with van der Waals surface area (Å²) in [5.74, 6) is -0.432. The Balaban J connectivity index is 2.33. The predicted molar refractivity (Wildman–Crippen MR) is 71.0 cm³/mol. The van der Waals surface area contributed by atoms with Crippen molar-refractivity contribution in [1.29, 1.82) is 0 Å². The first-order valence-electron chi connectivity index (χ1n) is 6.79. The minimum absolute atomic E-state index is 0.0771. The number of likely N-dealkylation sites (tertiary alicyclic amines) is 1. The molecule has 2 unspecified atom stereocenters. The average molecular weight is 272 g/mol. The summed E-state index contributed by atoms with van der Waals surface area (Å²) in [6.07, 6.45) is 2.61. The van der Waals surface area contributed by atoms with Gasteiger partial charge >= 0.3 is 12.0 Å². The van der Waals surface area contributed by atoms with Crippen molar-refractivity contribution in [3.8, 4) is 0 Å². The van der Waals surface area contributed by atoms with Crippen molar-refractivity contribution in [2.45, 2.75) is 38.6 Å². The van der Waals surface area contributed by atoms with Gasteiger partial charge in [-0.1, -0.05) is 0 Å².